The molecule has 2 aliphatic carbocycles. The Bertz CT molecular complexity index is 893. The van der Waals surface area contributed by atoms with Crippen LogP contribution in [0.3, 0.4) is 0 Å². The van der Waals surface area contributed by atoms with Crippen molar-refractivity contribution in [3.63, 3.8) is 0 Å². The van der Waals surface area contributed by atoms with Gasteiger partial charge < -0.3 is 14.8 Å². The van der Waals surface area contributed by atoms with Crippen molar-refractivity contribution >= 4 is 11.8 Å². The summed E-state index contributed by atoms with van der Waals surface area (Å²) < 4.78 is 0. The molecule has 0 radical (unpaired) electrons. The van der Waals surface area contributed by atoms with Gasteiger partial charge in [0, 0.05) is 44.3 Å². The van der Waals surface area contributed by atoms with E-state index < -0.39 is 0 Å². The van der Waals surface area contributed by atoms with E-state index in [1.807, 2.05) is 9.80 Å². The molecule has 7 nitrogen and oxygen atoms in total. The number of nitrogens with zero attached hydrogens (tertiary/aromatic N) is 3. The highest BCUT2D eigenvalue weighted by Gasteiger charge is 2.36. The van der Waals surface area contributed by atoms with Crippen LogP contribution in [0.25, 0.3) is 0 Å². The Balaban J connectivity index is 1.17. The van der Waals surface area contributed by atoms with Crippen molar-refractivity contribution < 1.29 is 9.59 Å². The molecule has 0 atom stereocenters. The predicted octanol–water partition coefficient (Wildman–Crippen LogP) is 2.74. The lowest BCUT2D eigenvalue weighted by Gasteiger charge is -2.33. The molecule has 3 heterocycles. The van der Waals surface area contributed by atoms with Crippen LogP contribution in [-0.2, 0) is 22.6 Å². The zero-order valence-corrected chi connectivity index (χ0v) is 18.4. The van der Waals surface area contributed by atoms with Crippen LogP contribution in [0.1, 0.15) is 87.2 Å². The van der Waals surface area contributed by atoms with Gasteiger partial charge in [0.05, 0.1) is 17.8 Å². The maximum atomic E-state index is 12.8. The summed E-state index contributed by atoms with van der Waals surface area (Å²) in [5.74, 6) is 2.38. The minimum absolute atomic E-state index is 0.0941. The first-order chi connectivity index (χ1) is 15.1. The number of hydrogen-bond donors (Lipinski definition) is 1. The number of carbonyl (C=O) groups excluding carboxylic acids is 2. The van der Waals surface area contributed by atoms with Crippen molar-refractivity contribution in [2.24, 2.45) is 11.8 Å². The van der Waals surface area contributed by atoms with E-state index in [4.69, 9.17) is 4.98 Å². The van der Waals surface area contributed by atoms with Crippen LogP contribution in [0.2, 0.25) is 0 Å². The van der Waals surface area contributed by atoms with Crippen molar-refractivity contribution in [1.82, 2.24) is 19.8 Å². The minimum atomic E-state index is -0.0941. The Kier molecular flexibility index (Phi) is 5.85. The summed E-state index contributed by atoms with van der Waals surface area (Å²) in [7, 11) is 0. The fourth-order valence-corrected chi connectivity index (χ4v) is 5.60. The molecule has 0 unspecified atom stereocenters. The number of aromatic nitrogens is 2. The summed E-state index contributed by atoms with van der Waals surface area (Å²) in [6.45, 7) is 2.55. The number of likely N-dealkylation sites (tertiary alicyclic amines) is 1. The molecule has 2 aliphatic heterocycles. The van der Waals surface area contributed by atoms with Crippen LogP contribution in [-0.4, -0.2) is 51.2 Å². The second-order valence-corrected chi connectivity index (χ2v) is 10.0. The highest BCUT2D eigenvalue weighted by Crippen LogP contribution is 2.33. The second kappa shape index (κ2) is 8.75. The molecule has 1 aromatic rings. The molecule has 1 saturated heterocycles. The SMILES string of the molecule is O=C(CCC1CCCC1)N1CCC(c2nc3c(c(=O)[nH]2)CN(C(=O)C2CC2)CC3)CC1. The first kappa shape index (κ1) is 20.7. The lowest BCUT2D eigenvalue weighted by molar-refractivity contribution is -0.134. The van der Waals surface area contributed by atoms with Gasteiger partial charge in [0.1, 0.15) is 5.82 Å². The van der Waals surface area contributed by atoms with E-state index in [-0.39, 0.29) is 29.2 Å². The fraction of sp³-hybridized carbons (Fsp3) is 0.750. The Hall–Kier alpha value is -2.18. The molecule has 5 rings (SSSR count). The summed E-state index contributed by atoms with van der Waals surface area (Å²) in [6.07, 6.45) is 11.3. The van der Waals surface area contributed by atoms with Gasteiger partial charge >= 0.3 is 0 Å². The third kappa shape index (κ3) is 4.55. The predicted molar refractivity (Wildman–Crippen MR) is 116 cm³/mol. The fourth-order valence-electron chi connectivity index (χ4n) is 5.60. The first-order valence-electron chi connectivity index (χ1n) is 12.3. The van der Waals surface area contributed by atoms with Gasteiger partial charge in [-0.3, -0.25) is 14.4 Å². The van der Waals surface area contributed by atoms with E-state index in [1.165, 1.54) is 25.7 Å². The van der Waals surface area contributed by atoms with Crippen LogP contribution in [0, 0.1) is 11.8 Å². The van der Waals surface area contributed by atoms with Gasteiger partial charge in [0.2, 0.25) is 11.8 Å². The minimum Gasteiger partial charge on any atom is -0.343 e. The van der Waals surface area contributed by atoms with E-state index in [0.717, 1.165) is 62.6 Å². The highest BCUT2D eigenvalue weighted by atomic mass is 16.2. The quantitative estimate of drug-likeness (QED) is 0.784. The third-order valence-corrected chi connectivity index (χ3v) is 7.80. The molecule has 0 aromatic carbocycles. The number of piperidine rings is 1. The molecule has 7 heteroatoms. The third-order valence-electron chi connectivity index (χ3n) is 7.80. The van der Waals surface area contributed by atoms with E-state index in [0.29, 0.717) is 31.5 Å². The summed E-state index contributed by atoms with van der Waals surface area (Å²) in [6, 6.07) is 0. The van der Waals surface area contributed by atoms with Gasteiger partial charge in [-0.05, 0) is 38.0 Å². The normalized spacial score (nSPS) is 22.6. The Morgan fingerprint density at radius 3 is 2.42 bits per heavy atom. The number of aromatic amines is 1. The first-order valence-corrected chi connectivity index (χ1v) is 12.3. The highest BCUT2D eigenvalue weighted by molar-refractivity contribution is 5.81. The second-order valence-electron chi connectivity index (χ2n) is 10.0. The van der Waals surface area contributed by atoms with Crippen molar-refractivity contribution in [3.05, 3.63) is 27.4 Å². The molecule has 168 valence electrons. The molecule has 0 spiro atoms. The number of fused-ring (bicyclic) bond motifs is 1. The van der Waals surface area contributed by atoms with Crippen molar-refractivity contribution in [1.29, 1.82) is 0 Å². The van der Waals surface area contributed by atoms with Gasteiger partial charge in [-0.1, -0.05) is 25.7 Å². The number of hydrogen-bond acceptors (Lipinski definition) is 4. The lowest BCUT2D eigenvalue weighted by atomic mass is 9.94. The van der Waals surface area contributed by atoms with Crippen LogP contribution in [0.4, 0.5) is 0 Å². The van der Waals surface area contributed by atoms with Gasteiger partial charge in [0.15, 0.2) is 0 Å². The number of nitrogens with one attached hydrogen (secondary N) is 1. The largest absolute Gasteiger partial charge is 0.343 e. The molecule has 2 saturated carbocycles. The molecule has 31 heavy (non-hydrogen) atoms. The van der Waals surface area contributed by atoms with Gasteiger partial charge in [-0.15, -0.1) is 0 Å². The van der Waals surface area contributed by atoms with Gasteiger partial charge in [-0.2, -0.15) is 0 Å². The molecule has 3 fully saturated rings. The Morgan fingerprint density at radius 1 is 0.968 bits per heavy atom. The van der Waals surface area contributed by atoms with Crippen LogP contribution in [0.5, 0.6) is 0 Å². The lowest BCUT2D eigenvalue weighted by Crippen LogP contribution is -2.41. The van der Waals surface area contributed by atoms with E-state index >= 15 is 0 Å². The van der Waals surface area contributed by atoms with Crippen LogP contribution < -0.4 is 5.56 Å². The average molecular weight is 427 g/mol. The Morgan fingerprint density at radius 2 is 1.71 bits per heavy atom. The van der Waals surface area contributed by atoms with Gasteiger partial charge in [-0.25, -0.2) is 4.98 Å². The number of H-pyrrole nitrogens is 1. The summed E-state index contributed by atoms with van der Waals surface area (Å²) in [4.78, 5) is 49.4. The van der Waals surface area contributed by atoms with Gasteiger partial charge in [0.25, 0.3) is 5.56 Å². The maximum absolute atomic E-state index is 12.8. The number of amides is 2. The molecule has 4 aliphatic rings. The number of rotatable bonds is 5. The van der Waals surface area contributed by atoms with E-state index in [2.05, 4.69) is 4.98 Å². The standard InChI is InChI=1S/C24H34N4O3/c29-21(8-5-16-3-1-2-4-16)27-12-9-17(10-13-27)22-25-20-11-14-28(24(31)18-6-7-18)15-19(20)23(30)26-22/h16-18H,1-15H2,(H,25,26,30). The van der Waals surface area contributed by atoms with Crippen molar-refractivity contribution in [3.8, 4) is 0 Å². The summed E-state index contributed by atoms with van der Waals surface area (Å²) in [5, 5.41) is 0. The number of carbonyl (C=O) groups is 2. The average Bonchev–Trinajstić information content (AvgIpc) is 3.52. The molecule has 1 aromatic heterocycles. The molecular formula is C24H34N4O3. The zero-order chi connectivity index (χ0) is 21.4. The van der Waals surface area contributed by atoms with Crippen LogP contribution in [0.15, 0.2) is 4.79 Å². The molecule has 1 N–H and O–H groups in total. The topological polar surface area (TPSA) is 86.4 Å². The summed E-state index contributed by atoms with van der Waals surface area (Å²) in [5.41, 5.74) is 1.42. The maximum Gasteiger partial charge on any atom is 0.256 e. The Labute approximate surface area is 183 Å². The van der Waals surface area contributed by atoms with Crippen molar-refractivity contribution in [2.75, 3.05) is 19.6 Å². The summed E-state index contributed by atoms with van der Waals surface area (Å²) >= 11 is 0. The van der Waals surface area contributed by atoms with E-state index in [1.54, 1.807) is 0 Å². The monoisotopic (exact) mass is 426 g/mol. The zero-order valence-electron chi connectivity index (χ0n) is 18.4. The van der Waals surface area contributed by atoms with Crippen LogP contribution >= 0.6 is 0 Å². The molecule has 2 amide bonds. The van der Waals surface area contributed by atoms with Crippen molar-refractivity contribution in [2.45, 2.75) is 83.1 Å². The smallest absolute Gasteiger partial charge is 0.256 e. The molecular weight excluding hydrogens is 392 g/mol. The molecule has 0 bridgehead atoms. The van der Waals surface area contributed by atoms with E-state index in [9.17, 15) is 14.4 Å².